The molecule has 1 aromatic heterocycles. The Morgan fingerprint density at radius 2 is 2.08 bits per heavy atom. The van der Waals surface area contributed by atoms with Gasteiger partial charge in [0.2, 0.25) is 5.91 Å². The van der Waals surface area contributed by atoms with Gasteiger partial charge in [-0.15, -0.1) is 0 Å². The molecule has 7 nitrogen and oxygen atoms in total. The number of benzene rings is 1. The average Bonchev–Trinajstić information content (AvgIpc) is 2.83. The largest absolute Gasteiger partial charge is 0.492 e. The fourth-order valence-corrected chi connectivity index (χ4v) is 2.56. The van der Waals surface area contributed by atoms with Gasteiger partial charge in [-0.25, -0.2) is 4.68 Å². The van der Waals surface area contributed by atoms with Crippen LogP contribution in [0, 0.1) is 4.77 Å². The molecule has 1 heterocycles. The van der Waals surface area contributed by atoms with Gasteiger partial charge in [-0.2, -0.15) is 5.10 Å². The topological polar surface area (TPSA) is 78.3 Å². The number of nitrogens with zero attached hydrogens (tertiary/aromatic N) is 4. The molecule has 25 heavy (non-hydrogen) atoms. The number of amides is 1. The Hall–Kier alpha value is -1.90. The quantitative estimate of drug-likeness (QED) is 0.670. The zero-order valence-corrected chi connectivity index (χ0v) is 15.9. The first kappa shape index (κ1) is 19.4. The molecule has 1 amide bonds. The summed E-state index contributed by atoms with van der Waals surface area (Å²) in [6.45, 7) is 1.78. The monoisotopic (exact) mass is 383 g/mol. The number of primary amides is 1. The zero-order valence-electron chi connectivity index (χ0n) is 14.3. The van der Waals surface area contributed by atoms with Gasteiger partial charge in [0.15, 0.2) is 4.77 Å². The third kappa shape index (κ3) is 5.84. The second-order valence-electron chi connectivity index (χ2n) is 5.75. The number of ether oxygens (including phenoxy) is 1. The summed E-state index contributed by atoms with van der Waals surface area (Å²) in [5.41, 5.74) is 5.19. The van der Waals surface area contributed by atoms with E-state index in [9.17, 15) is 4.79 Å². The Morgan fingerprint density at radius 3 is 2.72 bits per heavy atom. The van der Waals surface area contributed by atoms with Crippen molar-refractivity contribution < 1.29 is 9.53 Å². The lowest BCUT2D eigenvalue weighted by molar-refractivity contribution is -0.118. The number of hydrogen-bond donors (Lipinski definition) is 1. The van der Waals surface area contributed by atoms with Crippen molar-refractivity contribution in [3.8, 4) is 5.75 Å². The lowest BCUT2D eigenvalue weighted by Crippen LogP contribution is -2.27. The molecule has 0 fully saturated rings. The molecule has 136 valence electrons. The standard InChI is InChI=1S/C16H22ClN5O2S/c1-20(9-10-24-13-5-3-12(17)4-6-13)11-22-16(25)21(2)15(19-22)8-7-14(18)23/h3-6H,7-11H2,1-2H3,(H2,18,23). The van der Waals surface area contributed by atoms with Crippen LogP contribution in [0.1, 0.15) is 12.2 Å². The third-order valence-corrected chi connectivity index (χ3v) is 4.39. The van der Waals surface area contributed by atoms with Gasteiger partial charge in [0.05, 0.1) is 6.67 Å². The van der Waals surface area contributed by atoms with E-state index in [0.29, 0.717) is 36.0 Å². The van der Waals surface area contributed by atoms with Crippen LogP contribution in [0.3, 0.4) is 0 Å². The number of aromatic nitrogens is 3. The summed E-state index contributed by atoms with van der Waals surface area (Å²) in [5, 5.41) is 5.15. The van der Waals surface area contributed by atoms with Crippen molar-refractivity contribution >= 4 is 29.7 Å². The molecule has 0 aliphatic rings. The van der Waals surface area contributed by atoms with Crippen LogP contribution in [0.5, 0.6) is 5.75 Å². The van der Waals surface area contributed by atoms with Crippen LogP contribution >= 0.6 is 23.8 Å². The molecule has 9 heteroatoms. The maximum absolute atomic E-state index is 10.9. The molecular formula is C16H22ClN5O2S. The Morgan fingerprint density at radius 1 is 1.40 bits per heavy atom. The summed E-state index contributed by atoms with van der Waals surface area (Å²) < 4.78 is 9.81. The molecule has 1 aromatic carbocycles. The first-order valence-corrected chi connectivity index (χ1v) is 8.63. The van der Waals surface area contributed by atoms with Crippen LogP contribution in [0.2, 0.25) is 5.02 Å². The summed E-state index contributed by atoms with van der Waals surface area (Å²) in [7, 11) is 3.80. The molecule has 2 aromatic rings. The van der Waals surface area contributed by atoms with Crippen LogP contribution in [0.4, 0.5) is 0 Å². The van der Waals surface area contributed by atoms with E-state index in [1.807, 2.05) is 26.2 Å². The molecule has 0 aliphatic heterocycles. The van der Waals surface area contributed by atoms with Crippen molar-refractivity contribution in [3.05, 3.63) is 39.9 Å². The summed E-state index contributed by atoms with van der Waals surface area (Å²) >= 11 is 11.2. The first-order chi connectivity index (χ1) is 11.9. The smallest absolute Gasteiger partial charge is 0.217 e. The summed E-state index contributed by atoms with van der Waals surface area (Å²) in [5.74, 6) is 1.17. The van der Waals surface area contributed by atoms with E-state index in [1.165, 1.54) is 0 Å². The number of halogens is 1. The van der Waals surface area contributed by atoms with Crippen molar-refractivity contribution in [1.29, 1.82) is 0 Å². The van der Waals surface area contributed by atoms with E-state index in [1.54, 1.807) is 21.4 Å². The van der Waals surface area contributed by atoms with Gasteiger partial charge in [-0.05, 0) is 43.5 Å². The van der Waals surface area contributed by atoms with Gasteiger partial charge in [-0.1, -0.05) is 11.6 Å². The van der Waals surface area contributed by atoms with Crippen molar-refractivity contribution in [3.63, 3.8) is 0 Å². The fraction of sp³-hybridized carbons (Fsp3) is 0.438. The highest BCUT2D eigenvalue weighted by Crippen LogP contribution is 2.15. The van der Waals surface area contributed by atoms with Crippen LogP contribution in [-0.4, -0.2) is 45.4 Å². The van der Waals surface area contributed by atoms with E-state index < -0.39 is 0 Å². The summed E-state index contributed by atoms with van der Waals surface area (Å²) in [6.07, 6.45) is 0.732. The predicted octanol–water partition coefficient (Wildman–Crippen LogP) is 1.99. The second-order valence-corrected chi connectivity index (χ2v) is 6.55. The van der Waals surface area contributed by atoms with Crippen LogP contribution in [0.25, 0.3) is 0 Å². The second kappa shape index (κ2) is 8.98. The molecule has 0 radical (unpaired) electrons. The maximum atomic E-state index is 10.9. The molecule has 2 N–H and O–H groups in total. The minimum Gasteiger partial charge on any atom is -0.492 e. The molecule has 0 saturated carbocycles. The molecule has 0 unspecified atom stereocenters. The number of carbonyl (C=O) groups excluding carboxylic acids is 1. The van der Waals surface area contributed by atoms with Gasteiger partial charge < -0.3 is 15.0 Å². The van der Waals surface area contributed by atoms with Gasteiger partial charge in [0, 0.05) is 31.5 Å². The molecule has 0 bridgehead atoms. The Balaban J connectivity index is 1.86. The lowest BCUT2D eigenvalue weighted by atomic mass is 10.3. The van der Waals surface area contributed by atoms with Crippen molar-refractivity contribution in [2.24, 2.45) is 12.8 Å². The maximum Gasteiger partial charge on any atom is 0.217 e. The first-order valence-electron chi connectivity index (χ1n) is 7.84. The Labute approximate surface area is 156 Å². The van der Waals surface area contributed by atoms with Crippen LogP contribution < -0.4 is 10.5 Å². The van der Waals surface area contributed by atoms with Gasteiger partial charge in [0.25, 0.3) is 0 Å². The normalized spacial score (nSPS) is 11.0. The molecular weight excluding hydrogens is 362 g/mol. The Kier molecular flexibility index (Phi) is 6.98. The lowest BCUT2D eigenvalue weighted by Gasteiger charge is -2.16. The van der Waals surface area contributed by atoms with E-state index in [-0.39, 0.29) is 12.3 Å². The molecule has 2 rings (SSSR count). The average molecular weight is 384 g/mol. The Bertz CT molecular complexity index is 772. The van der Waals surface area contributed by atoms with Crippen LogP contribution in [0.15, 0.2) is 24.3 Å². The fourth-order valence-electron chi connectivity index (χ4n) is 2.23. The van der Waals surface area contributed by atoms with E-state index >= 15 is 0 Å². The molecule has 0 aliphatic carbocycles. The zero-order chi connectivity index (χ0) is 18.4. The van der Waals surface area contributed by atoms with Crippen molar-refractivity contribution in [2.45, 2.75) is 19.5 Å². The van der Waals surface area contributed by atoms with Gasteiger partial charge in [-0.3, -0.25) is 9.69 Å². The summed E-state index contributed by atoms with van der Waals surface area (Å²) in [4.78, 5) is 13.0. The van der Waals surface area contributed by atoms with E-state index in [4.69, 9.17) is 34.3 Å². The van der Waals surface area contributed by atoms with Gasteiger partial charge >= 0.3 is 0 Å². The number of hydrogen-bond acceptors (Lipinski definition) is 5. The number of rotatable bonds is 9. The minimum absolute atomic E-state index is 0.254. The van der Waals surface area contributed by atoms with E-state index in [0.717, 1.165) is 11.6 Å². The molecule has 0 saturated heterocycles. The predicted molar refractivity (Wildman–Crippen MR) is 99.1 cm³/mol. The number of carbonyl (C=O) groups is 1. The van der Waals surface area contributed by atoms with E-state index in [2.05, 4.69) is 10.00 Å². The number of likely N-dealkylation sites (N-methyl/N-ethyl adjacent to an activating group) is 1. The summed E-state index contributed by atoms with van der Waals surface area (Å²) in [6, 6.07) is 7.26. The molecule has 0 atom stereocenters. The third-order valence-electron chi connectivity index (χ3n) is 3.66. The highest BCUT2D eigenvalue weighted by atomic mass is 35.5. The number of aryl methyl sites for hydroxylation is 1. The SMILES string of the molecule is CN(CCOc1ccc(Cl)cc1)Cn1nc(CCC(N)=O)n(C)c1=S. The van der Waals surface area contributed by atoms with Crippen molar-refractivity contribution in [2.75, 3.05) is 20.2 Å². The minimum atomic E-state index is -0.350. The number of nitrogens with two attached hydrogens (primary N) is 1. The highest BCUT2D eigenvalue weighted by molar-refractivity contribution is 7.71. The highest BCUT2D eigenvalue weighted by Gasteiger charge is 2.10. The molecule has 0 spiro atoms. The van der Waals surface area contributed by atoms with Crippen molar-refractivity contribution in [1.82, 2.24) is 19.2 Å². The van der Waals surface area contributed by atoms with Crippen LogP contribution in [-0.2, 0) is 24.9 Å². The van der Waals surface area contributed by atoms with Gasteiger partial charge in [0.1, 0.15) is 18.2 Å².